The lowest BCUT2D eigenvalue weighted by atomic mass is 10.0. The Balaban J connectivity index is 0.00000180. The highest BCUT2D eigenvalue weighted by Gasteiger charge is 2.24. The van der Waals surface area contributed by atoms with E-state index >= 15 is 0 Å². The summed E-state index contributed by atoms with van der Waals surface area (Å²) in [6.07, 6.45) is 0. The number of amides is 1. The van der Waals surface area contributed by atoms with E-state index in [4.69, 9.17) is 4.74 Å². The molecule has 0 unspecified atom stereocenters. The van der Waals surface area contributed by atoms with E-state index in [9.17, 15) is 4.79 Å². The van der Waals surface area contributed by atoms with E-state index in [1.807, 2.05) is 31.2 Å². The standard InChI is InChI=1S/C14H20N2O2.ClH/c1-2-18-10-12-5-3-11(4-6-12)7-16-14(17)13-8-15-9-13;/h3-6,13,15H,2,7-10H2,1H3,(H,16,17);1H. The van der Waals surface area contributed by atoms with E-state index in [2.05, 4.69) is 10.6 Å². The minimum Gasteiger partial charge on any atom is -0.377 e. The maximum atomic E-state index is 11.6. The fraction of sp³-hybridized carbons (Fsp3) is 0.500. The van der Waals surface area contributed by atoms with Crippen LogP contribution < -0.4 is 10.6 Å². The zero-order valence-corrected chi connectivity index (χ0v) is 12.0. The van der Waals surface area contributed by atoms with Gasteiger partial charge in [0.25, 0.3) is 0 Å². The van der Waals surface area contributed by atoms with Crippen molar-refractivity contribution in [3.05, 3.63) is 35.4 Å². The Morgan fingerprint density at radius 1 is 1.32 bits per heavy atom. The fourth-order valence-corrected chi connectivity index (χ4v) is 1.78. The lowest BCUT2D eigenvalue weighted by Crippen LogP contribution is -2.50. The van der Waals surface area contributed by atoms with Crippen molar-refractivity contribution in [3.8, 4) is 0 Å². The van der Waals surface area contributed by atoms with Gasteiger partial charge in [0.2, 0.25) is 5.91 Å². The van der Waals surface area contributed by atoms with E-state index in [0.717, 1.165) is 30.8 Å². The molecule has 19 heavy (non-hydrogen) atoms. The molecule has 1 saturated heterocycles. The van der Waals surface area contributed by atoms with Crippen molar-refractivity contribution in [1.82, 2.24) is 10.6 Å². The summed E-state index contributed by atoms with van der Waals surface area (Å²) >= 11 is 0. The number of hydrogen-bond donors (Lipinski definition) is 2. The van der Waals surface area contributed by atoms with Gasteiger partial charge >= 0.3 is 0 Å². The predicted octanol–water partition coefficient (Wildman–Crippen LogP) is 1.48. The van der Waals surface area contributed by atoms with Gasteiger partial charge in [-0.25, -0.2) is 0 Å². The van der Waals surface area contributed by atoms with Gasteiger partial charge in [-0.2, -0.15) is 0 Å². The third-order valence-electron chi connectivity index (χ3n) is 3.11. The largest absolute Gasteiger partial charge is 0.377 e. The molecule has 2 N–H and O–H groups in total. The van der Waals surface area contributed by atoms with Crippen LogP contribution in [0, 0.1) is 5.92 Å². The van der Waals surface area contributed by atoms with Crippen molar-refractivity contribution in [2.45, 2.75) is 20.1 Å². The summed E-state index contributed by atoms with van der Waals surface area (Å²) in [5.41, 5.74) is 2.28. The molecule has 0 bridgehead atoms. The third kappa shape index (κ3) is 4.82. The molecule has 1 aliphatic rings. The van der Waals surface area contributed by atoms with E-state index in [1.165, 1.54) is 0 Å². The summed E-state index contributed by atoms with van der Waals surface area (Å²) in [5.74, 6) is 0.300. The number of nitrogens with one attached hydrogen (secondary N) is 2. The molecule has 1 heterocycles. The Kier molecular flexibility index (Phi) is 6.84. The van der Waals surface area contributed by atoms with Crippen LogP contribution in [0.5, 0.6) is 0 Å². The zero-order valence-electron chi connectivity index (χ0n) is 11.1. The maximum absolute atomic E-state index is 11.6. The molecule has 0 spiro atoms. The molecule has 0 atom stereocenters. The van der Waals surface area contributed by atoms with Gasteiger partial charge in [0.05, 0.1) is 12.5 Å². The van der Waals surface area contributed by atoms with Crippen LogP contribution in [0.15, 0.2) is 24.3 Å². The third-order valence-corrected chi connectivity index (χ3v) is 3.11. The Labute approximate surface area is 120 Å². The van der Waals surface area contributed by atoms with Crippen LogP contribution in [0.3, 0.4) is 0 Å². The molecule has 5 heteroatoms. The summed E-state index contributed by atoms with van der Waals surface area (Å²) in [7, 11) is 0. The second kappa shape index (κ2) is 8.15. The van der Waals surface area contributed by atoms with Crippen molar-refractivity contribution in [2.75, 3.05) is 19.7 Å². The molecule has 0 aliphatic carbocycles. The van der Waals surface area contributed by atoms with Gasteiger partial charge in [-0.3, -0.25) is 4.79 Å². The van der Waals surface area contributed by atoms with Crippen LogP contribution in [0.2, 0.25) is 0 Å². The van der Waals surface area contributed by atoms with Gasteiger partial charge in [-0.05, 0) is 18.1 Å². The van der Waals surface area contributed by atoms with Crippen LogP contribution in [0.4, 0.5) is 0 Å². The number of rotatable bonds is 6. The van der Waals surface area contributed by atoms with E-state index < -0.39 is 0 Å². The van der Waals surface area contributed by atoms with E-state index in [1.54, 1.807) is 0 Å². The first-order chi connectivity index (χ1) is 8.79. The summed E-state index contributed by atoms with van der Waals surface area (Å²) in [4.78, 5) is 11.6. The van der Waals surface area contributed by atoms with Crippen molar-refractivity contribution < 1.29 is 9.53 Å². The van der Waals surface area contributed by atoms with Crippen LogP contribution in [-0.4, -0.2) is 25.6 Å². The zero-order chi connectivity index (χ0) is 12.8. The first-order valence-electron chi connectivity index (χ1n) is 6.43. The van der Waals surface area contributed by atoms with Crippen LogP contribution >= 0.6 is 12.4 Å². The van der Waals surface area contributed by atoms with Crippen LogP contribution in [-0.2, 0) is 22.7 Å². The summed E-state index contributed by atoms with van der Waals surface area (Å²) in [6, 6.07) is 8.16. The molecule has 4 nitrogen and oxygen atoms in total. The smallest absolute Gasteiger partial charge is 0.225 e. The Morgan fingerprint density at radius 3 is 2.47 bits per heavy atom. The molecule has 0 radical (unpaired) electrons. The monoisotopic (exact) mass is 284 g/mol. The molecule has 1 aromatic rings. The second-order valence-electron chi connectivity index (χ2n) is 4.53. The second-order valence-corrected chi connectivity index (χ2v) is 4.53. The van der Waals surface area contributed by atoms with E-state index in [-0.39, 0.29) is 24.2 Å². The normalized spacial score (nSPS) is 14.4. The van der Waals surface area contributed by atoms with Gasteiger partial charge in [0.1, 0.15) is 0 Å². The van der Waals surface area contributed by atoms with Gasteiger partial charge in [0.15, 0.2) is 0 Å². The summed E-state index contributed by atoms with van der Waals surface area (Å²) < 4.78 is 5.33. The number of ether oxygens (including phenoxy) is 1. The number of hydrogen-bond acceptors (Lipinski definition) is 3. The molecule has 0 aromatic heterocycles. The maximum Gasteiger partial charge on any atom is 0.225 e. The van der Waals surface area contributed by atoms with Crippen molar-refractivity contribution in [3.63, 3.8) is 0 Å². The Bertz CT molecular complexity index is 391. The van der Waals surface area contributed by atoms with Crippen LogP contribution in [0.1, 0.15) is 18.1 Å². The quantitative estimate of drug-likeness (QED) is 0.832. The molecular formula is C14H21ClN2O2. The summed E-state index contributed by atoms with van der Waals surface area (Å²) in [5, 5.41) is 6.05. The minimum absolute atomic E-state index is 0. The number of carbonyl (C=O) groups is 1. The van der Waals surface area contributed by atoms with Crippen molar-refractivity contribution in [1.29, 1.82) is 0 Å². The highest BCUT2D eigenvalue weighted by Crippen LogP contribution is 2.07. The minimum atomic E-state index is 0. The fourth-order valence-electron chi connectivity index (χ4n) is 1.78. The SMILES string of the molecule is CCOCc1ccc(CNC(=O)C2CNC2)cc1.Cl. The average molecular weight is 285 g/mol. The molecule has 1 aliphatic heterocycles. The number of halogens is 1. The molecular weight excluding hydrogens is 264 g/mol. The highest BCUT2D eigenvalue weighted by molar-refractivity contribution is 5.85. The van der Waals surface area contributed by atoms with E-state index in [0.29, 0.717) is 13.2 Å². The Morgan fingerprint density at radius 2 is 1.95 bits per heavy atom. The highest BCUT2D eigenvalue weighted by atomic mass is 35.5. The number of carbonyl (C=O) groups excluding carboxylic acids is 1. The van der Waals surface area contributed by atoms with Crippen molar-refractivity contribution in [2.24, 2.45) is 5.92 Å². The average Bonchev–Trinajstić information content (AvgIpc) is 2.33. The molecule has 1 aromatic carbocycles. The van der Waals surface area contributed by atoms with Crippen molar-refractivity contribution >= 4 is 18.3 Å². The molecule has 1 fully saturated rings. The first-order valence-corrected chi connectivity index (χ1v) is 6.43. The topological polar surface area (TPSA) is 50.4 Å². The lowest BCUT2D eigenvalue weighted by molar-refractivity contribution is -0.126. The van der Waals surface area contributed by atoms with Crippen LogP contribution in [0.25, 0.3) is 0 Å². The summed E-state index contributed by atoms with van der Waals surface area (Å²) in [6.45, 7) is 5.58. The number of benzene rings is 1. The Hall–Kier alpha value is -1.10. The van der Waals surface area contributed by atoms with Gasteiger partial charge in [0, 0.05) is 26.2 Å². The first kappa shape index (κ1) is 16.0. The molecule has 1 amide bonds. The molecule has 0 saturated carbocycles. The molecule has 2 rings (SSSR count). The van der Waals surface area contributed by atoms with Gasteiger partial charge in [-0.1, -0.05) is 24.3 Å². The lowest BCUT2D eigenvalue weighted by Gasteiger charge is -2.25. The predicted molar refractivity (Wildman–Crippen MR) is 77.2 cm³/mol. The van der Waals surface area contributed by atoms with Gasteiger partial charge < -0.3 is 15.4 Å². The molecule has 106 valence electrons. The van der Waals surface area contributed by atoms with Gasteiger partial charge in [-0.15, -0.1) is 12.4 Å².